The van der Waals surface area contributed by atoms with Crippen molar-refractivity contribution in [3.8, 4) is 0 Å². The smallest absolute Gasteiger partial charge is 0.244 e. The third kappa shape index (κ3) is 23.8. The summed E-state index contributed by atoms with van der Waals surface area (Å²) in [6, 6.07) is 39.1. The zero-order valence-electron chi connectivity index (χ0n) is 43.4. The summed E-state index contributed by atoms with van der Waals surface area (Å²) in [4.78, 5) is 27.6. The highest BCUT2D eigenvalue weighted by Gasteiger charge is 2.49. The normalized spacial score (nSPS) is 18.3. The van der Waals surface area contributed by atoms with Crippen LogP contribution in [0.5, 0.6) is 0 Å². The van der Waals surface area contributed by atoms with Crippen LogP contribution in [-0.4, -0.2) is 68.3 Å². The molecule has 6 atom stereocenters. The first-order valence-electron chi connectivity index (χ1n) is 27.5. The van der Waals surface area contributed by atoms with E-state index in [4.69, 9.17) is 28.4 Å². The molecule has 0 saturated carbocycles. The van der Waals surface area contributed by atoms with Crippen molar-refractivity contribution in [1.29, 1.82) is 0 Å². The SMILES string of the molecule is CCCCCCCCCCCCCCCCCC(=O)N[C@@H](CO[C@@H]1O[C@H](COCc2ccccc2)[C@H](OCc2ccccc2)[C@H](OCc2ccccc2)[C@H]1OCc1ccccc1)C(=O)NCCCCCC. The molecule has 5 rings (SSSR count). The van der Waals surface area contributed by atoms with Crippen molar-refractivity contribution in [2.24, 2.45) is 0 Å². The number of carbonyl (C=O) groups excluding carboxylic acids is 2. The largest absolute Gasteiger partial charge is 0.374 e. The van der Waals surface area contributed by atoms with Gasteiger partial charge in [0, 0.05) is 13.0 Å². The molecule has 71 heavy (non-hydrogen) atoms. The lowest BCUT2D eigenvalue weighted by atomic mass is 9.97. The van der Waals surface area contributed by atoms with Gasteiger partial charge in [0.2, 0.25) is 11.8 Å². The molecule has 0 radical (unpaired) electrons. The summed E-state index contributed by atoms with van der Waals surface area (Å²) in [5.41, 5.74) is 3.99. The van der Waals surface area contributed by atoms with Gasteiger partial charge in [-0.15, -0.1) is 0 Å². The highest BCUT2D eigenvalue weighted by molar-refractivity contribution is 5.87. The quantitative estimate of drug-likeness (QED) is 0.0425. The highest BCUT2D eigenvalue weighted by atomic mass is 16.7. The fourth-order valence-corrected chi connectivity index (χ4v) is 9.07. The van der Waals surface area contributed by atoms with Gasteiger partial charge in [-0.2, -0.15) is 0 Å². The number of unbranched alkanes of at least 4 members (excludes halogenated alkanes) is 17. The molecule has 10 nitrogen and oxygen atoms in total. The Kier molecular flexibility index (Phi) is 29.5. The maximum Gasteiger partial charge on any atom is 0.244 e. The molecule has 1 aliphatic rings. The minimum absolute atomic E-state index is 0.139. The van der Waals surface area contributed by atoms with Gasteiger partial charge in [0.25, 0.3) is 0 Å². The van der Waals surface area contributed by atoms with Gasteiger partial charge in [-0.25, -0.2) is 0 Å². The molecule has 4 aromatic carbocycles. The van der Waals surface area contributed by atoms with Gasteiger partial charge >= 0.3 is 0 Å². The maximum absolute atomic E-state index is 14.0. The van der Waals surface area contributed by atoms with E-state index in [1.165, 1.54) is 77.0 Å². The molecule has 2 amide bonds. The van der Waals surface area contributed by atoms with Crippen molar-refractivity contribution >= 4 is 11.8 Å². The number of carbonyl (C=O) groups is 2. The summed E-state index contributed by atoms with van der Waals surface area (Å²) in [6.45, 7) is 6.19. The third-order valence-corrected chi connectivity index (χ3v) is 13.3. The van der Waals surface area contributed by atoms with Crippen LogP contribution in [0.4, 0.5) is 0 Å². The van der Waals surface area contributed by atoms with Gasteiger partial charge in [0.05, 0.1) is 39.6 Å². The van der Waals surface area contributed by atoms with E-state index < -0.39 is 36.7 Å². The number of rotatable bonds is 39. The van der Waals surface area contributed by atoms with Crippen molar-refractivity contribution in [1.82, 2.24) is 10.6 Å². The van der Waals surface area contributed by atoms with E-state index in [9.17, 15) is 9.59 Å². The summed E-state index contributed by atoms with van der Waals surface area (Å²) < 4.78 is 40.6. The second kappa shape index (κ2) is 36.5. The van der Waals surface area contributed by atoms with E-state index >= 15 is 0 Å². The zero-order valence-corrected chi connectivity index (χ0v) is 43.4. The van der Waals surface area contributed by atoms with Crippen LogP contribution >= 0.6 is 0 Å². The Morgan fingerprint density at radius 3 is 1.37 bits per heavy atom. The molecule has 4 aromatic rings. The van der Waals surface area contributed by atoms with Gasteiger partial charge in [0.15, 0.2) is 6.29 Å². The predicted octanol–water partition coefficient (Wildman–Crippen LogP) is 13.1. The summed E-state index contributed by atoms with van der Waals surface area (Å²) >= 11 is 0. The molecule has 0 spiro atoms. The number of amides is 2. The number of hydrogen-bond acceptors (Lipinski definition) is 8. The zero-order chi connectivity index (χ0) is 49.8. The first-order chi connectivity index (χ1) is 35.0. The molecule has 1 saturated heterocycles. The van der Waals surface area contributed by atoms with E-state index in [0.717, 1.165) is 67.2 Å². The summed E-state index contributed by atoms with van der Waals surface area (Å²) in [5, 5.41) is 6.13. The van der Waals surface area contributed by atoms with Crippen molar-refractivity contribution in [3.63, 3.8) is 0 Å². The van der Waals surface area contributed by atoms with Crippen LogP contribution < -0.4 is 10.6 Å². The van der Waals surface area contributed by atoms with Gasteiger partial charge in [-0.1, -0.05) is 244 Å². The highest BCUT2D eigenvalue weighted by Crippen LogP contribution is 2.32. The van der Waals surface area contributed by atoms with Crippen LogP contribution in [-0.2, 0) is 64.4 Å². The summed E-state index contributed by atoms with van der Waals surface area (Å²) in [5.74, 6) is -0.450. The molecule has 0 unspecified atom stereocenters. The monoisotopic (exact) mass is 977 g/mol. The predicted molar refractivity (Wildman–Crippen MR) is 284 cm³/mol. The second-order valence-corrected chi connectivity index (χ2v) is 19.3. The Labute approximate surface area is 427 Å². The van der Waals surface area contributed by atoms with Crippen LogP contribution in [0.2, 0.25) is 0 Å². The lowest BCUT2D eigenvalue weighted by Gasteiger charge is -2.46. The fraction of sp³-hybridized carbons (Fsp3) is 0.574. The Balaban J connectivity index is 1.28. The molecule has 2 N–H and O–H groups in total. The average Bonchev–Trinajstić information content (AvgIpc) is 3.40. The lowest BCUT2D eigenvalue weighted by molar-refractivity contribution is -0.328. The van der Waals surface area contributed by atoms with E-state index in [1.807, 2.05) is 121 Å². The van der Waals surface area contributed by atoms with Crippen molar-refractivity contribution in [2.75, 3.05) is 19.8 Å². The minimum atomic E-state index is -1.02. The standard InChI is InChI=1S/C61H88N2O8/c1-3-5-7-9-10-11-12-13-14-15-16-17-18-19-32-42-56(64)63-54(60(65)62-43-33-8-6-4-2)48-70-61-59(69-47-53-40-30-23-31-41-53)58(68-46-52-38-28-22-29-39-52)57(67-45-51-36-26-21-27-37-51)55(71-61)49-66-44-50-34-24-20-25-35-50/h20-31,34-41,54-55,57-59,61H,3-19,32-33,42-49H2,1-2H3,(H,62,65)(H,63,64)/t54-,55+,57-,58-,59+,61+/m0/s1. The Morgan fingerprint density at radius 2 is 0.887 bits per heavy atom. The Morgan fingerprint density at radius 1 is 0.479 bits per heavy atom. The summed E-state index contributed by atoms with van der Waals surface area (Å²) in [7, 11) is 0. The second-order valence-electron chi connectivity index (χ2n) is 19.3. The van der Waals surface area contributed by atoms with Crippen LogP contribution in [0.3, 0.4) is 0 Å². The van der Waals surface area contributed by atoms with Crippen LogP contribution in [0.1, 0.15) is 165 Å². The topological polar surface area (TPSA) is 114 Å². The minimum Gasteiger partial charge on any atom is -0.374 e. The molecule has 1 fully saturated rings. The van der Waals surface area contributed by atoms with E-state index in [-0.39, 0.29) is 38.2 Å². The van der Waals surface area contributed by atoms with Gasteiger partial charge < -0.3 is 39.1 Å². The molecule has 0 aliphatic carbocycles. The first-order valence-corrected chi connectivity index (χ1v) is 27.5. The van der Waals surface area contributed by atoms with Crippen molar-refractivity contribution in [3.05, 3.63) is 144 Å². The van der Waals surface area contributed by atoms with Crippen LogP contribution in [0, 0.1) is 0 Å². The number of hydrogen-bond donors (Lipinski definition) is 2. The molecule has 390 valence electrons. The molecular weight excluding hydrogens is 889 g/mol. The lowest BCUT2D eigenvalue weighted by Crippen LogP contribution is -2.62. The molecule has 0 aromatic heterocycles. The van der Waals surface area contributed by atoms with Crippen LogP contribution in [0.15, 0.2) is 121 Å². The Bertz CT molecular complexity index is 1920. The van der Waals surface area contributed by atoms with Gasteiger partial charge in [-0.05, 0) is 35.1 Å². The summed E-state index contributed by atoms with van der Waals surface area (Å²) in [6.07, 6.45) is 19.4. The molecule has 10 heteroatoms. The number of nitrogens with one attached hydrogen (secondary N) is 2. The van der Waals surface area contributed by atoms with E-state index in [2.05, 4.69) is 24.5 Å². The number of ether oxygens (including phenoxy) is 6. The molecular formula is C61H88N2O8. The molecule has 1 heterocycles. The van der Waals surface area contributed by atoms with Gasteiger partial charge in [-0.3, -0.25) is 9.59 Å². The maximum atomic E-state index is 14.0. The molecule has 1 aliphatic heterocycles. The number of benzene rings is 4. The van der Waals surface area contributed by atoms with Crippen LogP contribution in [0.25, 0.3) is 0 Å². The van der Waals surface area contributed by atoms with E-state index in [1.54, 1.807) is 0 Å². The van der Waals surface area contributed by atoms with E-state index in [0.29, 0.717) is 26.2 Å². The van der Waals surface area contributed by atoms with Crippen molar-refractivity contribution in [2.45, 2.75) is 205 Å². The Hall–Kier alpha value is -4.42. The molecule has 0 bridgehead atoms. The van der Waals surface area contributed by atoms with Gasteiger partial charge in [0.1, 0.15) is 30.5 Å². The fourth-order valence-electron chi connectivity index (χ4n) is 9.07. The first kappa shape index (κ1) is 57.5. The third-order valence-electron chi connectivity index (χ3n) is 13.3. The average molecular weight is 977 g/mol. The van der Waals surface area contributed by atoms with Crippen molar-refractivity contribution < 1.29 is 38.0 Å².